The van der Waals surface area contributed by atoms with Crippen molar-refractivity contribution in [3.63, 3.8) is 0 Å². The lowest BCUT2D eigenvalue weighted by molar-refractivity contribution is 0.0951. The fourth-order valence-corrected chi connectivity index (χ4v) is 2.26. The van der Waals surface area contributed by atoms with Crippen LogP contribution in [0.5, 0.6) is 0 Å². The second-order valence-corrected chi connectivity index (χ2v) is 5.49. The molecule has 0 unspecified atom stereocenters. The first-order chi connectivity index (χ1) is 10.3. The maximum absolute atomic E-state index is 12.0. The Morgan fingerprint density at radius 1 is 1.05 bits per heavy atom. The van der Waals surface area contributed by atoms with Crippen molar-refractivity contribution in [3.05, 3.63) is 65.7 Å². The van der Waals surface area contributed by atoms with Crippen molar-refractivity contribution in [2.45, 2.75) is 25.3 Å². The van der Waals surface area contributed by atoms with Crippen LogP contribution in [0.25, 0.3) is 0 Å². The monoisotopic (exact) mass is 280 g/mol. The molecule has 0 aliphatic heterocycles. The minimum absolute atomic E-state index is 0.0317. The molecule has 3 rings (SSSR count). The lowest BCUT2D eigenvalue weighted by Crippen LogP contribution is -2.25. The molecule has 1 saturated carbocycles. The fraction of sp³-hybridized carbons (Fsp3) is 0.278. The maximum Gasteiger partial charge on any atom is 0.251 e. The summed E-state index contributed by atoms with van der Waals surface area (Å²) >= 11 is 0. The lowest BCUT2D eigenvalue weighted by atomic mass is 10.1. The van der Waals surface area contributed by atoms with E-state index in [2.05, 4.69) is 34.9 Å². The Hall–Kier alpha value is -2.29. The fourth-order valence-electron chi connectivity index (χ4n) is 2.26. The van der Waals surface area contributed by atoms with E-state index < -0.39 is 0 Å². The summed E-state index contributed by atoms with van der Waals surface area (Å²) in [7, 11) is 0. The predicted octanol–water partition coefficient (Wildman–Crippen LogP) is 3.23. The van der Waals surface area contributed by atoms with Gasteiger partial charge in [0.1, 0.15) is 0 Å². The standard InChI is InChI=1S/C18H20N2O/c21-18(20-16-9-10-16)15-7-4-8-17(13-15)19-12-11-14-5-2-1-3-6-14/h1-8,13,16,19H,9-12H2,(H,20,21). The number of benzene rings is 2. The van der Waals surface area contributed by atoms with Crippen molar-refractivity contribution in [3.8, 4) is 0 Å². The van der Waals surface area contributed by atoms with Crippen molar-refractivity contribution in [1.29, 1.82) is 0 Å². The third kappa shape index (κ3) is 4.09. The molecule has 0 heterocycles. The Labute approximate surface area is 125 Å². The van der Waals surface area contributed by atoms with E-state index in [1.165, 1.54) is 5.56 Å². The molecule has 3 heteroatoms. The van der Waals surface area contributed by atoms with Gasteiger partial charge < -0.3 is 10.6 Å². The lowest BCUT2D eigenvalue weighted by Gasteiger charge is -2.09. The van der Waals surface area contributed by atoms with E-state index in [9.17, 15) is 4.79 Å². The highest BCUT2D eigenvalue weighted by atomic mass is 16.1. The van der Waals surface area contributed by atoms with E-state index in [4.69, 9.17) is 0 Å². The number of anilines is 1. The van der Waals surface area contributed by atoms with Gasteiger partial charge in [-0.05, 0) is 43.0 Å². The predicted molar refractivity (Wildman–Crippen MR) is 85.6 cm³/mol. The van der Waals surface area contributed by atoms with Crippen molar-refractivity contribution < 1.29 is 4.79 Å². The average Bonchev–Trinajstić information content (AvgIpc) is 3.33. The highest BCUT2D eigenvalue weighted by Crippen LogP contribution is 2.20. The SMILES string of the molecule is O=C(NC1CC1)c1cccc(NCCc2ccccc2)c1. The van der Waals surface area contributed by atoms with Gasteiger partial charge in [-0.2, -0.15) is 0 Å². The highest BCUT2D eigenvalue weighted by Gasteiger charge is 2.23. The van der Waals surface area contributed by atoms with Crippen LogP contribution in [0.1, 0.15) is 28.8 Å². The molecule has 0 atom stereocenters. The number of hydrogen-bond donors (Lipinski definition) is 2. The molecular weight excluding hydrogens is 260 g/mol. The minimum Gasteiger partial charge on any atom is -0.385 e. The summed E-state index contributed by atoms with van der Waals surface area (Å²) in [5.41, 5.74) is 3.04. The molecule has 2 aromatic carbocycles. The summed E-state index contributed by atoms with van der Waals surface area (Å²) < 4.78 is 0. The molecule has 0 bridgehead atoms. The Kier molecular flexibility index (Phi) is 4.20. The van der Waals surface area contributed by atoms with Gasteiger partial charge in [0, 0.05) is 23.8 Å². The van der Waals surface area contributed by atoms with Gasteiger partial charge in [0.25, 0.3) is 5.91 Å². The van der Waals surface area contributed by atoms with Gasteiger partial charge in [0.05, 0.1) is 0 Å². The van der Waals surface area contributed by atoms with Gasteiger partial charge in [0.2, 0.25) is 0 Å². The molecule has 1 fully saturated rings. The first kappa shape index (κ1) is 13.7. The summed E-state index contributed by atoms with van der Waals surface area (Å²) in [4.78, 5) is 12.0. The van der Waals surface area contributed by atoms with E-state index in [1.54, 1.807) is 0 Å². The number of nitrogens with one attached hydrogen (secondary N) is 2. The maximum atomic E-state index is 12.0. The van der Waals surface area contributed by atoms with E-state index >= 15 is 0 Å². The normalized spacial score (nSPS) is 13.7. The third-order valence-corrected chi connectivity index (χ3v) is 3.62. The molecule has 0 aromatic heterocycles. The van der Waals surface area contributed by atoms with Crippen molar-refractivity contribution in [1.82, 2.24) is 5.32 Å². The topological polar surface area (TPSA) is 41.1 Å². The number of carbonyl (C=O) groups is 1. The van der Waals surface area contributed by atoms with Crippen LogP contribution in [0.4, 0.5) is 5.69 Å². The Morgan fingerprint density at radius 2 is 1.86 bits per heavy atom. The zero-order chi connectivity index (χ0) is 14.5. The Bertz CT molecular complexity index is 606. The molecule has 0 spiro atoms. The zero-order valence-corrected chi connectivity index (χ0v) is 12.0. The summed E-state index contributed by atoms with van der Waals surface area (Å²) in [6.07, 6.45) is 3.20. The van der Waals surface area contributed by atoms with E-state index in [-0.39, 0.29) is 5.91 Å². The van der Waals surface area contributed by atoms with Crippen molar-refractivity contribution >= 4 is 11.6 Å². The number of carbonyl (C=O) groups excluding carboxylic acids is 1. The largest absolute Gasteiger partial charge is 0.385 e. The van der Waals surface area contributed by atoms with Gasteiger partial charge in [-0.25, -0.2) is 0 Å². The second-order valence-electron chi connectivity index (χ2n) is 5.49. The number of rotatable bonds is 6. The summed E-state index contributed by atoms with van der Waals surface area (Å²) in [5, 5.41) is 6.39. The van der Waals surface area contributed by atoms with Gasteiger partial charge in [-0.1, -0.05) is 36.4 Å². The molecule has 0 radical (unpaired) electrons. The molecule has 1 aliphatic carbocycles. The molecule has 2 N–H and O–H groups in total. The quantitative estimate of drug-likeness (QED) is 0.853. The summed E-state index contributed by atoms with van der Waals surface area (Å²) in [6.45, 7) is 0.859. The molecule has 1 amide bonds. The first-order valence-corrected chi connectivity index (χ1v) is 7.50. The van der Waals surface area contributed by atoms with E-state index in [0.717, 1.165) is 37.1 Å². The Morgan fingerprint density at radius 3 is 2.62 bits per heavy atom. The summed E-state index contributed by atoms with van der Waals surface area (Å²) in [6, 6.07) is 18.5. The molecule has 21 heavy (non-hydrogen) atoms. The van der Waals surface area contributed by atoms with Crippen LogP contribution < -0.4 is 10.6 Å². The molecule has 0 saturated heterocycles. The van der Waals surface area contributed by atoms with Crippen molar-refractivity contribution in [2.75, 3.05) is 11.9 Å². The van der Waals surface area contributed by atoms with Crippen LogP contribution in [0.2, 0.25) is 0 Å². The molecule has 1 aliphatic rings. The number of amides is 1. The molecule has 108 valence electrons. The smallest absolute Gasteiger partial charge is 0.251 e. The minimum atomic E-state index is 0.0317. The van der Waals surface area contributed by atoms with E-state index in [0.29, 0.717) is 6.04 Å². The van der Waals surface area contributed by atoms with Crippen molar-refractivity contribution in [2.24, 2.45) is 0 Å². The van der Waals surface area contributed by atoms with Crippen LogP contribution >= 0.6 is 0 Å². The van der Waals surface area contributed by atoms with Crippen LogP contribution in [0, 0.1) is 0 Å². The van der Waals surface area contributed by atoms with Gasteiger partial charge in [-0.15, -0.1) is 0 Å². The Balaban J connectivity index is 1.54. The van der Waals surface area contributed by atoms with Gasteiger partial charge >= 0.3 is 0 Å². The molecular formula is C18H20N2O. The van der Waals surface area contributed by atoms with Crippen LogP contribution in [0.3, 0.4) is 0 Å². The van der Waals surface area contributed by atoms with Crippen LogP contribution in [0.15, 0.2) is 54.6 Å². The second kappa shape index (κ2) is 6.44. The zero-order valence-electron chi connectivity index (χ0n) is 12.0. The first-order valence-electron chi connectivity index (χ1n) is 7.50. The highest BCUT2D eigenvalue weighted by molar-refractivity contribution is 5.95. The van der Waals surface area contributed by atoms with Gasteiger partial charge in [-0.3, -0.25) is 4.79 Å². The molecule has 3 nitrogen and oxygen atoms in total. The van der Waals surface area contributed by atoms with Gasteiger partial charge in [0.15, 0.2) is 0 Å². The third-order valence-electron chi connectivity index (χ3n) is 3.62. The van der Waals surface area contributed by atoms with Crippen LogP contribution in [-0.4, -0.2) is 18.5 Å². The average molecular weight is 280 g/mol. The molecule has 2 aromatic rings. The van der Waals surface area contributed by atoms with Crippen LogP contribution in [-0.2, 0) is 6.42 Å². The number of hydrogen-bond acceptors (Lipinski definition) is 2. The summed E-state index contributed by atoms with van der Waals surface area (Å²) in [5.74, 6) is 0.0317. The van der Waals surface area contributed by atoms with E-state index in [1.807, 2.05) is 30.3 Å².